The number of benzene rings is 2. The zero-order valence-electron chi connectivity index (χ0n) is 15.9. The van der Waals surface area contributed by atoms with Crippen molar-refractivity contribution in [2.45, 2.75) is 42.4 Å². The summed E-state index contributed by atoms with van der Waals surface area (Å²) >= 11 is 1.73. The summed E-state index contributed by atoms with van der Waals surface area (Å²) in [7, 11) is 0. The highest BCUT2D eigenvalue weighted by Crippen LogP contribution is 2.24. The zero-order valence-corrected chi connectivity index (χ0v) is 16.7. The Labute approximate surface area is 169 Å². The second-order valence-corrected chi connectivity index (χ2v) is 8.30. The molecular weight excluding hydrogens is 370 g/mol. The van der Waals surface area contributed by atoms with Crippen LogP contribution in [0.15, 0.2) is 59.5 Å². The minimum Gasteiger partial charge on any atom is -0.342 e. The smallest absolute Gasteiger partial charge is 0.246 e. The molecule has 2 fully saturated rings. The third-order valence-corrected chi connectivity index (χ3v) is 6.24. The van der Waals surface area contributed by atoms with Crippen LogP contribution in [0.5, 0.6) is 0 Å². The molecule has 0 bridgehead atoms. The summed E-state index contributed by atoms with van der Waals surface area (Å²) in [4.78, 5) is 28.5. The fraction of sp³-hybridized carbons (Fsp3) is 0.364. The predicted octanol–water partition coefficient (Wildman–Crippen LogP) is 2.21. The number of hydrogen-bond donors (Lipinski definition) is 2. The number of carbonyl (C=O) groups is 2. The molecule has 0 spiro atoms. The van der Waals surface area contributed by atoms with Gasteiger partial charge >= 0.3 is 0 Å². The molecule has 28 heavy (non-hydrogen) atoms. The van der Waals surface area contributed by atoms with Crippen LogP contribution in [-0.4, -0.2) is 47.6 Å². The van der Waals surface area contributed by atoms with Crippen molar-refractivity contribution >= 4 is 23.6 Å². The maximum Gasteiger partial charge on any atom is 0.246 e. The van der Waals surface area contributed by atoms with E-state index in [0.717, 1.165) is 12.1 Å². The molecule has 0 aromatic heterocycles. The van der Waals surface area contributed by atoms with E-state index in [1.807, 2.05) is 30.3 Å². The molecule has 2 aromatic carbocycles. The summed E-state index contributed by atoms with van der Waals surface area (Å²) in [6, 6.07) is 17.6. The summed E-state index contributed by atoms with van der Waals surface area (Å²) in [5.74, 6) is -0.00338. The van der Waals surface area contributed by atoms with Gasteiger partial charge in [0.15, 0.2) is 0 Å². The largest absolute Gasteiger partial charge is 0.342 e. The van der Waals surface area contributed by atoms with Gasteiger partial charge in [-0.15, -0.1) is 11.8 Å². The first-order valence-corrected chi connectivity index (χ1v) is 10.9. The van der Waals surface area contributed by atoms with Gasteiger partial charge in [-0.2, -0.15) is 0 Å². The molecule has 2 heterocycles. The molecule has 0 saturated carbocycles. The Morgan fingerprint density at radius 3 is 2.68 bits per heavy atom. The van der Waals surface area contributed by atoms with Gasteiger partial charge in [0.05, 0.1) is 0 Å². The van der Waals surface area contributed by atoms with Crippen molar-refractivity contribution in [2.24, 2.45) is 0 Å². The van der Waals surface area contributed by atoms with Crippen LogP contribution in [0, 0.1) is 0 Å². The van der Waals surface area contributed by atoms with Crippen LogP contribution >= 0.6 is 11.8 Å². The monoisotopic (exact) mass is 395 g/mol. The average Bonchev–Trinajstić information content (AvgIpc) is 3.16. The lowest BCUT2D eigenvalue weighted by Gasteiger charge is -2.34. The highest BCUT2D eigenvalue weighted by molar-refractivity contribution is 7.98. The highest BCUT2D eigenvalue weighted by atomic mass is 32.2. The van der Waals surface area contributed by atoms with Gasteiger partial charge in [-0.1, -0.05) is 42.5 Å². The highest BCUT2D eigenvalue weighted by Gasteiger charge is 2.46. The Kier molecular flexibility index (Phi) is 5.69. The lowest BCUT2D eigenvalue weighted by atomic mass is 10.0. The maximum absolute atomic E-state index is 12.9. The van der Waals surface area contributed by atoms with Crippen LogP contribution in [0.3, 0.4) is 0 Å². The summed E-state index contributed by atoms with van der Waals surface area (Å²) in [6.07, 6.45) is 3.27. The van der Waals surface area contributed by atoms with Gasteiger partial charge in [-0.25, -0.2) is 0 Å². The number of fused-ring (bicyclic) bond motifs is 1. The average molecular weight is 396 g/mol. The number of amides is 2. The van der Waals surface area contributed by atoms with Crippen molar-refractivity contribution in [2.75, 3.05) is 12.8 Å². The van der Waals surface area contributed by atoms with Crippen molar-refractivity contribution in [3.63, 3.8) is 0 Å². The van der Waals surface area contributed by atoms with E-state index in [1.54, 1.807) is 16.7 Å². The first-order valence-electron chi connectivity index (χ1n) is 9.65. The number of rotatable bonds is 6. The Morgan fingerprint density at radius 1 is 1.11 bits per heavy atom. The quantitative estimate of drug-likeness (QED) is 0.737. The standard InChI is InChI=1S/C22H25N3O2S/c1-28-18-9-5-8-16(10-18)13-23-17-12-20-21(26)24-19(22(27)25(20)14-17)11-15-6-3-2-4-7-15/h2-10,17,19-20,23H,11-14H2,1H3,(H,24,26)/t17-,19+,20-/m0/s1. The molecule has 6 heteroatoms. The molecule has 0 unspecified atom stereocenters. The van der Waals surface area contributed by atoms with Crippen molar-refractivity contribution in [3.8, 4) is 0 Å². The molecule has 2 aromatic rings. The third-order valence-electron chi connectivity index (χ3n) is 5.51. The Balaban J connectivity index is 1.38. The fourth-order valence-electron chi connectivity index (χ4n) is 4.04. The summed E-state index contributed by atoms with van der Waals surface area (Å²) in [6.45, 7) is 1.33. The summed E-state index contributed by atoms with van der Waals surface area (Å²) in [5, 5.41) is 6.46. The van der Waals surface area contributed by atoms with E-state index in [9.17, 15) is 9.59 Å². The van der Waals surface area contributed by atoms with E-state index in [2.05, 4.69) is 41.2 Å². The van der Waals surface area contributed by atoms with Crippen molar-refractivity contribution in [3.05, 3.63) is 65.7 Å². The van der Waals surface area contributed by atoms with E-state index in [-0.39, 0.29) is 23.9 Å². The van der Waals surface area contributed by atoms with Crippen LogP contribution < -0.4 is 10.6 Å². The Bertz CT molecular complexity index is 858. The molecule has 2 N–H and O–H groups in total. The van der Waals surface area contributed by atoms with Crippen molar-refractivity contribution in [1.82, 2.24) is 15.5 Å². The minimum absolute atomic E-state index is 0.0298. The molecule has 2 aliphatic rings. The third kappa shape index (κ3) is 4.08. The SMILES string of the molecule is CSc1cccc(CN[C@H]2C[C@H]3C(=O)N[C@H](Cc4ccccc4)C(=O)N3C2)c1. The first-order chi connectivity index (χ1) is 13.6. The van der Waals surface area contributed by atoms with Gasteiger partial charge in [0.2, 0.25) is 11.8 Å². The van der Waals surface area contributed by atoms with Gasteiger partial charge in [-0.05, 0) is 35.9 Å². The molecule has 5 nitrogen and oxygen atoms in total. The number of nitrogens with zero attached hydrogens (tertiary/aromatic N) is 1. The second-order valence-electron chi connectivity index (χ2n) is 7.42. The summed E-state index contributed by atoms with van der Waals surface area (Å²) < 4.78 is 0. The number of thioether (sulfide) groups is 1. The second kappa shape index (κ2) is 8.37. The number of piperazine rings is 1. The van der Waals surface area contributed by atoms with E-state index in [4.69, 9.17) is 0 Å². The maximum atomic E-state index is 12.9. The normalized spacial score (nSPS) is 24.2. The van der Waals surface area contributed by atoms with Gasteiger partial charge in [0, 0.05) is 30.4 Å². The molecule has 2 amide bonds. The Hall–Kier alpha value is -2.31. The molecule has 146 valence electrons. The van der Waals surface area contributed by atoms with Crippen LogP contribution in [0.1, 0.15) is 17.5 Å². The molecule has 2 aliphatic heterocycles. The van der Waals surface area contributed by atoms with Gasteiger partial charge in [0.25, 0.3) is 0 Å². The fourth-order valence-corrected chi connectivity index (χ4v) is 4.52. The van der Waals surface area contributed by atoms with Crippen LogP contribution in [0.2, 0.25) is 0 Å². The van der Waals surface area contributed by atoms with E-state index >= 15 is 0 Å². The molecule has 4 rings (SSSR count). The van der Waals surface area contributed by atoms with E-state index in [0.29, 0.717) is 19.4 Å². The van der Waals surface area contributed by atoms with Crippen LogP contribution in [0.4, 0.5) is 0 Å². The number of carbonyl (C=O) groups excluding carboxylic acids is 2. The first kappa shape index (κ1) is 19.0. The van der Waals surface area contributed by atoms with Gasteiger partial charge < -0.3 is 15.5 Å². The van der Waals surface area contributed by atoms with Gasteiger partial charge in [0.1, 0.15) is 12.1 Å². The lowest BCUT2D eigenvalue weighted by Crippen LogP contribution is -2.61. The summed E-state index contributed by atoms with van der Waals surface area (Å²) in [5.41, 5.74) is 2.27. The topological polar surface area (TPSA) is 61.4 Å². The Morgan fingerprint density at radius 2 is 1.89 bits per heavy atom. The lowest BCUT2D eigenvalue weighted by molar-refractivity contribution is -0.147. The minimum atomic E-state index is -0.469. The number of nitrogens with one attached hydrogen (secondary N) is 2. The molecule has 0 aliphatic carbocycles. The van der Waals surface area contributed by atoms with E-state index < -0.39 is 6.04 Å². The van der Waals surface area contributed by atoms with Crippen molar-refractivity contribution < 1.29 is 9.59 Å². The molecule has 2 saturated heterocycles. The zero-order chi connectivity index (χ0) is 19.5. The van der Waals surface area contributed by atoms with Gasteiger partial charge in [-0.3, -0.25) is 9.59 Å². The number of hydrogen-bond acceptors (Lipinski definition) is 4. The molecule has 0 radical (unpaired) electrons. The van der Waals surface area contributed by atoms with Crippen LogP contribution in [0.25, 0.3) is 0 Å². The molecular formula is C22H25N3O2S. The predicted molar refractivity (Wildman–Crippen MR) is 111 cm³/mol. The molecule has 3 atom stereocenters. The van der Waals surface area contributed by atoms with Crippen molar-refractivity contribution in [1.29, 1.82) is 0 Å². The van der Waals surface area contributed by atoms with E-state index in [1.165, 1.54) is 10.5 Å². The van der Waals surface area contributed by atoms with Crippen LogP contribution in [-0.2, 0) is 22.6 Å².